The smallest absolute Gasteiger partial charge is 1.00 e. The maximum Gasteiger partial charge on any atom is 2.00 e. The van der Waals surface area contributed by atoms with E-state index in [0.29, 0.717) is 22.2 Å². The van der Waals surface area contributed by atoms with Crippen LogP contribution in [0.3, 0.4) is 0 Å². The van der Waals surface area contributed by atoms with E-state index in [9.17, 15) is 18.3 Å². The number of methoxy groups -OCH3 is 7. The summed E-state index contributed by atoms with van der Waals surface area (Å²) in [7, 11) is 17.8. The molecule has 0 saturated heterocycles. The molecule has 0 aromatic heterocycles. The second-order valence-corrected chi connectivity index (χ2v) is 37.7. The first kappa shape index (κ1) is 113. The topological polar surface area (TPSA) is 159 Å². The minimum absolute atomic E-state index is 0. The van der Waals surface area contributed by atoms with Gasteiger partial charge in [-0.2, -0.15) is 13.8 Å². The number of benzene rings is 1. The Balaban J connectivity index is -0.000000246. The Morgan fingerprint density at radius 2 is 1.10 bits per heavy atom. The van der Waals surface area contributed by atoms with E-state index in [1.165, 1.54) is 127 Å². The third kappa shape index (κ3) is 32.6. The molecule has 1 N–H and O–H groups in total. The van der Waals surface area contributed by atoms with Crippen LogP contribution in [0, 0.1) is 78.5 Å². The molecule has 0 aliphatic heterocycles. The van der Waals surface area contributed by atoms with Crippen LogP contribution < -0.4 is 122 Å². The van der Waals surface area contributed by atoms with Gasteiger partial charge in [0.2, 0.25) is 0 Å². The van der Waals surface area contributed by atoms with Gasteiger partial charge in [0.15, 0.2) is 0 Å². The van der Waals surface area contributed by atoms with Crippen LogP contribution in [0.2, 0.25) is 0 Å². The largest absolute Gasteiger partial charge is 2.00 e. The van der Waals surface area contributed by atoms with Crippen molar-refractivity contribution in [1.82, 2.24) is 0 Å². The maximum atomic E-state index is 11.1. The number of aryl methyl sites for hydroxylation is 1. The summed E-state index contributed by atoms with van der Waals surface area (Å²) in [6, 6.07) is 6.37. The van der Waals surface area contributed by atoms with Crippen LogP contribution in [0.15, 0.2) is 53.5 Å². The van der Waals surface area contributed by atoms with Gasteiger partial charge in [0.25, 0.3) is 9.05 Å². The SMILES string of the molecule is C=C1CCC[C@]1(C)OC.CC(C)(C)[O-].CCC1CCC[C@]1(C)OC.CO[C@@]1(C)CCCC12C=C2.CO[C@@]1(C)CCCC12CC2(Br)Br.CO[C@@]1(C)CCCC12CC2Br.CO[C@@]1(C)CCCC1C(C)=O.CO[C@@]1(C)CCCC1CO.C[CH-]C.Cc1ccc(S(=O)(=O)Cl)cc1.[2H][B].[Cl-].[I-].[K+].[Mg+2].[Na+].[U]. The zero-order chi connectivity index (χ0) is 72.7. The van der Waals surface area contributed by atoms with Gasteiger partial charge in [0.05, 0.1) is 47.3 Å². The molecule has 1 aromatic carbocycles. The molecule has 10 aliphatic carbocycles. The minimum atomic E-state index is -3.55. The van der Waals surface area contributed by atoms with Crippen molar-refractivity contribution in [1.29, 1.82) is 1.34 Å². The fraction of sp³-hybridized carbons (Fsp3) is 0.840. The van der Waals surface area contributed by atoms with Gasteiger partial charge in [-0.25, -0.2) is 8.42 Å². The van der Waals surface area contributed by atoms with Crippen molar-refractivity contribution in [2.45, 2.75) is 316 Å². The minimum Gasteiger partial charge on any atom is -1.00 e. The summed E-state index contributed by atoms with van der Waals surface area (Å²) in [5, 5.41) is 19.1. The van der Waals surface area contributed by atoms with Crippen LogP contribution in [0.1, 0.15) is 257 Å². The van der Waals surface area contributed by atoms with E-state index in [1.54, 1.807) is 61.2 Å². The molecule has 24 heteroatoms. The molecule has 11 rings (SSSR count). The van der Waals surface area contributed by atoms with Gasteiger partial charge < -0.3 is 86.2 Å². The van der Waals surface area contributed by atoms with Gasteiger partial charge in [-0.05, 0) is 222 Å². The third-order valence-corrected chi connectivity index (χ3v) is 27.8. The average Bonchev–Trinajstić information content (AvgIpc) is 1.52. The molecule has 0 amide bonds. The first-order chi connectivity index (χ1) is 43.5. The van der Waals surface area contributed by atoms with Gasteiger partial charge >= 0.3 is 104 Å². The van der Waals surface area contributed by atoms with E-state index in [2.05, 4.69) is 123 Å². The van der Waals surface area contributed by atoms with E-state index in [0.717, 1.165) is 61.3 Å². The van der Waals surface area contributed by atoms with Gasteiger partial charge in [0, 0.05) is 139 Å². The number of aliphatic hydroxyl groups excluding tert-OH is 1. The van der Waals surface area contributed by atoms with Crippen molar-refractivity contribution < 1.29 is 205 Å². The standard InChI is InChI=1S/C9H14Br2O.C9H15BrO.C9H16O2.C9H14O.C9H18O.C8H16O2.C8H14O.C7H7ClO2S.C4H9O.C3H7.BH.ClH.HI.K.Mg.Na.U/c1-7(12-2)4-3-5-8(7)6-9(8,10)11;1-8(11-2)4-3-5-9(8)6-7(9)10;1-7(10)8-5-4-6-9(8,2)11-3;1-8(10-2)4-3-5-9(8)6-7-9;1-4-8-6-5-7-9(8,2)10-3;1-8(10-2)5-3-4-7(8)6-9;1-7-5-4-6-8(7,2)9-3;1-6-2-4-7(5-3-6)11(8,9)10;1-4(2,3)5;1-3-2;;;;;;;/h3-6H2,1-2H3;7H,3-6H2,1-2H3;8H,4-6H2,1-3H3;6-7H,3-5H2,1-2H3;8H,4-7H2,1-3H3;7,9H,3-6H2,1-2H3;1,4-6H2,2-3H3;2-5H,1H3;1-3H3;3H,1-2H3;3*1H;;;;/q;;;;;;;;2*-1;;;;+1;+2;+1;/p-2/t7-,8?;7?,8-,9?;8?,9-;8-;8?,9-;7?,8-;8-;;;;;;;;;;/m0000000........../s1/i;;;;;;;;;;1D;;;;;;. The summed E-state index contributed by atoms with van der Waals surface area (Å²) in [4.78, 5) is 12.0. The van der Waals surface area contributed by atoms with Crippen molar-refractivity contribution >= 4 is 105 Å². The summed E-state index contributed by atoms with van der Waals surface area (Å²) >= 11 is 11.1. The summed E-state index contributed by atoms with van der Waals surface area (Å²) in [6.45, 7) is 34.1. The molecule has 9 saturated carbocycles. The van der Waals surface area contributed by atoms with E-state index in [1.807, 2.05) is 62.6 Å². The Morgan fingerprint density at radius 1 is 0.707 bits per heavy atom. The number of ether oxygens (including phenoxy) is 7. The predicted octanol–water partition coefficient (Wildman–Crippen LogP) is 6.29. The number of Topliss-reactive ketones (excluding diaryl/α,β-unsaturated/α-hetero) is 1. The molecule has 10 aliphatic rings. The fourth-order valence-corrected chi connectivity index (χ4v) is 19.6. The van der Waals surface area contributed by atoms with Crippen LogP contribution in [-0.2, 0) is 47.0 Å². The molecule has 1 aromatic rings. The summed E-state index contributed by atoms with van der Waals surface area (Å²) in [6.07, 6.45) is 35.9. The number of carbonyl (C=O) groups is 1. The van der Waals surface area contributed by atoms with E-state index < -0.39 is 14.7 Å². The Kier molecular flexibility index (Phi) is 57.5. The van der Waals surface area contributed by atoms with Crippen LogP contribution in [0.5, 0.6) is 0 Å². The first-order valence-electron chi connectivity index (χ1n) is 34.9. The van der Waals surface area contributed by atoms with E-state index >= 15 is 0 Å². The second-order valence-electron chi connectivity index (χ2n) is 30.2. The zero-order valence-electron chi connectivity index (χ0n) is 67.1. The maximum absolute atomic E-state index is 11.1. The molecule has 13 atom stereocenters. The average molecular weight is 2030 g/mol. The zero-order valence-corrected chi connectivity index (χ0v) is 86.1. The fourth-order valence-electron chi connectivity index (χ4n) is 15.4. The quantitative estimate of drug-likeness (QED) is 0.0660. The number of rotatable bonds is 11. The number of halogens is 6. The molecule has 562 valence electrons. The molecule has 0 heterocycles. The number of aliphatic hydroxyl groups is 1. The first-order valence-corrected chi connectivity index (χ1v) is 39.2. The Morgan fingerprint density at radius 3 is 1.38 bits per heavy atom. The monoisotopic (exact) mass is 2030 g/mol. The van der Waals surface area contributed by atoms with Crippen molar-refractivity contribution in [3.05, 3.63) is 60.6 Å². The second kappa shape index (κ2) is 50.5. The van der Waals surface area contributed by atoms with Crippen LogP contribution in [0.4, 0.5) is 0 Å². The van der Waals surface area contributed by atoms with Gasteiger partial charge in [-0.1, -0.05) is 131 Å². The summed E-state index contributed by atoms with van der Waals surface area (Å²) < 4.78 is 65.1. The number of ketones is 1. The molecule has 9 fully saturated rings. The molecule has 6 unspecified atom stereocenters. The van der Waals surface area contributed by atoms with Crippen molar-refractivity contribution in [3.63, 3.8) is 0 Å². The summed E-state index contributed by atoms with van der Waals surface area (Å²) in [5.41, 5.74) is 3.11. The molecule has 2 radical (unpaired) electrons. The molecular formula is C75H131BBr3Cl2IKMgNaO12SU. The Bertz CT molecular complexity index is 2540. The summed E-state index contributed by atoms with van der Waals surface area (Å²) in [5.74, 6) is 1.56. The van der Waals surface area contributed by atoms with Gasteiger partial charge in [0.1, 0.15) is 5.78 Å². The predicted molar refractivity (Wildman–Crippen MR) is 404 cm³/mol. The number of hydrogen-bond donors (Lipinski definition) is 1. The van der Waals surface area contributed by atoms with Crippen LogP contribution >= 0.6 is 58.5 Å². The third-order valence-electron chi connectivity index (χ3n) is 23.1. The molecule has 0 bridgehead atoms. The van der Waals surface area contributed by atoms with Gasteiger partial charge in [-0.15, -0.1) is 5.60 Å². The van der Waals surface area contributed by atoms with Crippen molar-refractivity contribution in [2.75, 3.05) is 56.4 Å². The van der Waals surface area contributed by atoms with Crippen molar-refractivity contribution in [2.24, 2.45) is 34.0 Å². The molecule has 3 spiro atoms. The van der Waals surface area contributed by atoms with Crippen molar-refractivity contribution in [3.8, 4) is 0 Å². The number of hydrogen-bond acceptors (Lipinski definition) is 12. The molecule has 99 heavy (non-hydrogen) atoms. The molecular weight excluding hydrogens is 1900 g/mol. The van der Waals surface area contributed by atoms with E-state index in [-0.39, 0.29) is 237 Å². The van der Waals surface area contributed by atoms with E-state index in [4.69, 9.17) is 50.3 Å². The molecule has 12 nitrogen and oxygen atoms in total. The Labute approximate surface area is 766 Å². The van der Waals surface area contributed by atoms with Crippen LogP contribution in [-0.4, -0.2) is 161 Å². The van der Waals surface area contributed by atoms with Crippen LogP contribution in [0.25, 0.3) is 0 Å². The normalized spacial score (nSPS) is 34.1. The number of alkyl halides is 3. The Hall–Kier alpha value is 5.23. The number of carbonyl (C=O) groups excluding carboxylic acids is 1. The van der Waals surface area contributed by atoms with Gasteiger partial charge in [-0.3, -0.25) is 4.79 Å².